The molecule has 0 aromatic heterocycles. The number of amides is 5. The molecule has 1 spiro atoms. The van der Waals surface area contributed by atoms with E-state index in [1.165, 1.54) is 0 Å². The van der Waals surface area contributed by atoms with Crippen molar-refractivity contribution in [3.05, 3.63) is 71.8 Å². The zero-order chi connectivity index (χ0) is 26.0. The topological polar surface area (TPSA) is 104 Å². The lowest BCUT2D eigenvalue weighted by molar-refractivity contribution is -0.150. The number of likely N-dealkylation sites (tertiary alicyclic amines) is 2. The van der Waals surface area contributed by atoms with Crippen LogP contribution in [0.4, 0.5) is 0 Å². The molecule has 1 aliphatic carbocycles. The standard InChI is InChI=1S/C29H31N3O5/c33-24-16-17-29(32(24)27(36)21-12-6-2-7-13-21)19-25(34)31(28(29)37)23(18-20-10-4-1-5-11-20)26(35)30-22-14-8-3-9-15-22/h1-2,4-7,10-13,22-23H,3,8-9,14-19H2,(H,30,35)/t23-,29+/m0/s1. The van der Waals surface area contributed by atoms with Gasteiger partial charge in [-0.05, 0) is 37.0 Å². The first-order valence-electron chi connectivity index (χ1n) is 13.0. The van der Waals surface area contributed by atoms with Crippen molar-refractivity contribution in [2.24, 2.45) is 0 Å². The molecule has 5 rings (SSSR count). The van der Waals surface area contributed by atoms with Crippen LogP contribution in [0.15, 0.2) is 60.7 Å². The minimum Gasteiger partial charge on any atom is -0.352 e. The highest BCUT2D eigenvalue weighted by Gasteiger charge is 2.63. The molecule has 0 bridgehead atoms. The van der Waals surface area contributed by atoms with Crippen LogP contribution in [-0.2, 0) is 25.6 Å². The average molecular weight is 502 g/mol. The van der Waals surface area contributed by atoms with Gasteiger partial charge >= 0.3 is 0 Å². The third kappa shape index (κ3) is 4.68. The highest BCUT2D eigenvalue weighted by molar-refractivity contribution is 6.18. The van der Waals surface area contributed by atoms with Crippen molar-refractivity contribution in [2.75, 3.05) is 0 Å². The van der Waals surface area contributed by atoms with E-state index in [1.807, 2.05) is 30.3 Å². The zero-order valence-corrected chi connectivity index (χ0v) is 20.7. The normalized spacial score (nSPS) is 23.1. The van der Waals surface area contributed by atoms with E-state index in [0.717, 1.165) is 47.5 Å². The summed E-state index contributed by atoms with van der Waals surface area (Å²) < 4.78 is 0. The lowest BCUT2D eigenvalue weighted by Gasteiger charge is -2.33. The fourth-order valence-electron chi connectivity index (χ4n) is 5.91. The van der Waals surface area contributed by atoms with Gasteiger partial charge in [0.1, 0.15) is 11.6 Å². The third-order valence-electron chi connectivity index (χ3n) is 7.82. The first kappa shape index (κ1) is 24.9. The third-order valence-corrected chi connectivity index (χ3v) is 7.82. The molecular formula is C29H31N3O5. The lowest BCUT2D eigenvalue weighted by atomic mass is 9.93. The van der Waals surface area contributed by atoms with Gasteiger partial charge in [0, 0.05) is 24.4 Å². The predicted molar refractivity (Wildman–Crippen MR) is 135 cm³/mol. The molecule has 2 saturated heterocycles. The maximum Gasteiger partial charge on any atom is 0.261 e. The smallest absolute Gasteiger partial charge is 0.261 e. The molecule has 2 atom stereocenters. The van der Waals surface area contributed by atoms with Crippen LogP contribution < -0.4 is 5.32 Å². The van der Waals surface area contributed by atoms with Crippen LogP contribution in [0.5, 0.6) is 0 Å². The molecular weight excluding hydrogens is 470 g/mol. The van der Waals surface area contributed by atoms with E-state index in [1.54, 1.807) is 30.3 Å². The van der Waals surface area contributed by atoms with Gasteiger partial charge in [0.15, 0.2) is 0 Å². The monoisotopic (exact) mass is 501 g/mol. The van der Waals surface area contributed by atoms with E-state index in [-0.39, 0.29) is 43.2 Å². The molecule has 2 heterocycles. The summed E-state index contributed by atoms with van der Waals surface area (Å²) in [5, 5.41) is 3.07. The summed E-state index contributed by atoms with van der Waals surface area (Å²) >= 11 is 0. The summed E-state index contributed by atoms with van der Waals surface area (Å²) in [6.45, 7) is 0. The molecule has 2 aromatic rings. The number of rotatable bonds is 6. The Hall–Kier alpha value is -3.81. The van der Waals surface area contributed by atoms with Crippen molar-refractivity contribution in [3.63, 3.8) is 0 Å². The van der Waals surface area contributed by atoms with Crippen molar-refractivity contribution in [2.45, 2.75) is 75.4 Å². The van der Waals surface area contributed by atoms with E-state index >= 15 is 0 Å². The van der Waals surface area contributed by atoms with Crippen LogP contribution in [0.2, 0.25) is 0 Å². The molecule has 2 aromatic carbocycles. The maximum atomic E-state index is 14.0. The quantitative estimate of drug-likeness (QED) is 0.613. The number of nitrogens with zero attached hydrogens (tertiary/aromatic N) is 2. The number of carbonyl (C=O) groups excluding carboxylic acids is 5. The summed E-state index contributed by atoms with van der Waals surface area (Å²) in [5.74, 6) is -2.64. The molecule has 0 radical (unpaired) electrons. The van der Waals surface area contributed by atoms with Gasteiger partial charge in [-0.2, -0.15) is 0 Å². The van der Waals surface area contributed by atoms with E-state index in [2.05, 4.69) is 5.32 Å². The number of hydrogen-bond acceptors (Lipinski definition) is 5. The summed E-state index contributed by atoms with van der Waals surface area (Å²) in [6.07, 6.45) is 4.82. The molecule has 8 nitrogen and oxygen atoms in total. The van der Waals surface area contributed by atoms with Crippen LogP contribution in [0.3, 0.4) is 0 Å². The van der Waals surface area contributed by atoms with Crippen molar-refractivity contribution < 1.29 is 24.0 Å². The fourth-order valence-corrected chi connectivity index (χ4v) is 5.91. The highest BCUT2D eigenvalue weighted by Crippen LogP contribution is 2.42. The van der Waals surface area contributed by atoms with Gasteiger partial charge in [0.25, 0.3) is 11.8 Å². The Morgan fingerprint density at radius 3 is 2.22 bits per heavy atom. The van der Waals surface area contributed by atoms with Crippen LogP contribution in [0.1, 0.15) is 67.3 Å². The van der Waals surface area contributed by atoms with Crippen molar-refractivity contribution in [1.82, 2.24) is 15.1 Å². The molecule has 3 aliphatic rings. The first-order chi connectivity index (χ1) is 17.9. The molecule has 37 heavy (non-hydrogen) atoms. The Morgan fingerprint density at radius 2 is 1.54 bits per heavy atom. The summed E-state index contributed by atoms with van der Waals surface area (Å²) in [4.78, 5) is 69.4. The van der Waals surface area contributed by atoms with Crippen molar-refractivity contribution in [3.8, 4) is 0 Å². The first-order valence-corrected chi connectivity index (χ1v) is 13.0. The Bertz CT molecular complexity index is 1210. The number of imide groups is 2. The van der Waals surface area contributed by atoms with E-state index in [0.29, 0.717) is 0 Å². The minimum atomic E-state index is -1.60. The maximum absolute atomic E-state index is 14.0. The van der Waals surface area contributed by atoms with Gasteiger partial charge in [-0.25, -0.2) is 0 Å². The Balaban J connectivity index is 1.47. The predicted octanol–water partition coefficient (Wildman–Crippen LogP) is 3.01. The van der Waals surface area contributed by atoms with Crippen molar-refractivity contribution in [1.29, 1.82) is 0 Å². The summed E-state index contributed by atoms with van der Waals surface area (Å²) in [5.41, 5.74) is -0.513. The molecule has 192 valence electrons. The van der Waals surface area contributed by atoms with Crippen LogP contribution >= 0.6 is 0 Å². The van der Waals surface area contributed by atoms with Gasteiger partial charge in [0.2, 0.25) is 17.7 Å². The molecule has 5 amide bonds. The lowest BCUT2D eigenvalue weighted by Crippen LogP contribution is -2.58. The fraction of sp³-hybridized carbons (Fsp3) is 0.414. The largest absolute Gasteiger partial charge is 0.352 e. The minimum absolute atomic E-state index is 0.00510. The van der Waals surface area contributed by atoms with E-state index < -0.39 is 35.2 Å². The Kier molecular flexibility index (Phi) is 6.91. The SMILES string of the molecule is O=C(NC1CCCCC1)[C@H](Cc1ccccc1)N1C(=O)C[C@]2(CCC(=O)N2C(=O)c2ccccc2)C1=O. The number of carbonyl (C=O) groups is 5. The van der Waals surface area contributed by atoms with Crippen molar-refractivity contribution >= 4 is 29.5 Å². The Morgan fingerprint density at radius 1 is 0.892 bits per heavy atom. The van der Waals surface area contributed by atoms with Gasteiger partial charge in [-0.1, -0.05) is 67.8 Å². The number of benzene rings is 2. The average Bonchev–Trinajstić information content (AvgIpc) is 3.38. The second kappa shape index (κ2) is 10.3. The molecule has 1 saturated carbocycles. The molecule has 0 unspecified atom stereocenters. The second-order valence-corrected chi connectivity index (χ2v) is 10.2. The van der Waals surface area contributed by atoms with E-state index in [9.17, 15) is 24.0 Å². The molecule has 1 N–H and O–H groups in total. The van der Waals surface area contributed by atoms with Gasteiger partial charge < -0.3 is 5.32 Å². The summed E-state index contributed by atoms with van der Waals surface area (Å²) in [7, 11) is 0. The zero-order valence-electron chi connectivity index (χ0n) is 20.7. The molecule has 2 aliphatic heterocycles. The van der Waals surface area contributed by atoms with Gasteiger partial charge in [-0.3, -0.25) is 33.8 Å². The molecule has 8 heteroatoms. The van der Waals surface area contributed by atoms with Gasteiger partial charge in [0.05, 0.1) is 6.42 Å². The molecule has 3 fully saturated rings. The number of hydrogen-bond donors (Lipinski definition) is 1. The van der Waals surface area contributed by atoms with Crippen LogP contribution in [-0.4, -0.2) is 57.0 Å². The highest BCUT2D eigenvalue weighted by atomic mass is 16.2. The second-order valence-electron chi connectivity index (χ2n) is 10.2. The summed E-state index contributed by atoms with van der Waals surface area (Å²) in [6, 6.07) is 16.5. The van der Waals surface area contributed by atoms with E-state index in [4.69, 9.17) is 0 Å². The van der Waals surface area contributed by atoms with Crippen LogP contribution in [0.25, 0.3) is 0 Å². The Labute approximate surface area is 216 Å². The van der Waals surface area contributed by atoms with Crippen LogP contribution in [0, 0.1) is 0 Å². The van der Waals surface area contributed by atoms with Gasteiger partial charge in [-0.15, -0.1) is 0 Å². The number of nitrogens with one attached hydrogen (secondary N) is 1.